The number of thiazole rings is 1. The summed E-state index contributed by atoms with van der Waals surface area (Å²) in [6.45, 7) is 0.496. The van der Waals surface area contributed by atoms with E-state index in [9.17, 15) is 4.79 Å². The number of aryl methyl sites for hydroxylation is 1. The highest BCUT2D eigenvalue weighted by Crippen LogP contribution is 2.32. The molecule has 0 aliphatic carbocycles. The summed E-state index contributed by atoms with van der Waals surface area (Å²) in [5.41, 5.74) is 2.88. The number of pyridine rings is 1. The van der Waals surface area contributed by atoms with Crippen molar-refractivity contribution in [3.05, 3.63) is 65.4 Å². The van der Waals surface area contributed by atoms with E-state index in [-0.39, 0.29) is 5.91 Å². The molecule has 0 unspecified atom stereocenters. The summed E-state index contributed by atoms with van der Waals surface area (Å²) in [7, 11) is 1.65. The average Bonchev–Trinajstić information content (AvgIpc) is 3.14. The topological polar surface area (TPSA) is 64.1 Å². The van der Waals surface area contributed by atoms with Crippen molar-refractivity contribution >= 4 is 17.2 Å². The van der Waals surface area contributed by atoms with Crippen molar-refractivity contribution in [1.82, 2.24) is 15.3 Å². The van der Waals surface area contributed by atoms with Crippen molar-refractivity contribution in [2.75, 3.05) is 7.11 Å². The summed E-state index contributed by atoms with van der Waals surface area (Å²) >= 11 is 1.56. The number of ether oxygens (including phenoxy) is 1. The number of nitrogens with zero attached hydrogens (tertiary/aromatic N) is 2. The Morgan fingerprint density at radius 2 is 2.12 bits per heavy atom. The highest BCUT2D eigenvalue weighted by atomic mass is 32.1. The highest BCUT2D eigenvalue weighted by molar-refractivity contribution is 7.13. The van der Waals surface area contributed by atoms with Gasteiger partial charge in [0.15, 0.2) is 0 Å². The summed E-state index contributed by atoms with van der Waals surface area (Å²) in [5.74, 6) is 0.813. The molecule has 0 atom stereocenters. The molecule has 3 aromatic rings. The number of carbonyl (C=O) groups excluding carboxylic acids is 1. The van der Waals surface area contributed by atoms with E-state index in [2.05, 4.69) is 15.3 Å². The van der Waals surface area contributed by atoms with Crippen molar-refractivity contribution in [2.45, 2.75) is 19.4 Å². The van der Waals surface area contributed by atoms with Crippen LogP contribution in [0.1, 0.15) is 17.7 Å². The molecule has 1 N–H and O–H groups in total. The molecule has 0 saturated heterocycles. The van der Waals surface area contributed by atoms with E-state index in [1.807, 2.05) is 41.8 Å². The Bertz CT molecular complexity index is 833. The van der Waals surface area contributed by atoms with E-state index < -0.39 is 0 Å². The highest BCUT2D eigenvalue weighted by Gasteiger charge is 2.10. The molecule has 0 aliphatic heterocycles. The molecule has 0 bridgehead atoms. The van der Waals surface area contributed by atoms with Crippen molar-refractivity contribution in [3.8, 4) is 16.3 Å². The van der Waals surface area contributed by atoms with Gasteiger partial charge in [-0.3, -0.25) is 9.78 Å². The second-order valence-corrected chi connectivity index (χ2v) is 6.34. The molecule has 6 heteroatoms. The van der Waals surface area contributed by atoms with E-state index in [0.29, 0.717) is 19.4 Å². The standard InChI is InChI=1S/C19H19N3O2S/c1-24-17-7-3-2-6-16(17)19-22-15(13-25-19)8-9-18(23)21-12-14-5-4-10-20-11-14/h2-7,10-11,13H,8-9,12H2,1H3,(H,21,23). The molecule has 128 valence electrons. The van der Waals surface area contributed by atoms with Gasteiger partial charge < -0.3 is 10.1 Å². The lowest BCUT2D eigenvalue weighted by atomic mass is 10.2. The van der Waals surface area contributed by atoms with Gasteiger partial charge in [0.2, 0.25) is 5.91 Å². The van der Waals surface area contributed by atoms with Crippen LogP contribution in [0.2, 0.25) is 0 Å². The van der Waals surface area contributed by atoms with Gasteiger partial charge in [0, 0.05) is 30.7 Å². The number of hydrogen-bond donors (Lipinski definition) is 1. The van der Waals surface area contributed by atoms with Gasteiger partial charge in [0.25, 0.3) is 0 Å². The molecule has 0 aliphatic rings. The fourth-order valence-electron chi connectivity index (χ4n) is 2.40. The normalized spacial score (nSPS) is 10.4. The van der Waals surface area contributed by atoms with Crippen molar-refractivity contribution in [3.63, 3.8) is 0 Å². The molecule has 0 radical (unpaired) electrons. The number of carbonyl (C=O) groups is 1. The van der Waals surface area contributed by atoms with E-state index in [1.165, 1.54) is 0 Å². The Hall–Kier alpha value is -2.73. The first-order chi connectivity index (χ1) is 12.3. The molecule has 0 fully saturated rings. The maximum atomic E-state index is 12.0. The Morgan fingerprint density at radius 3 is 2.92 bits per heavy atom. The molecule has 0 saturated carbocycles. The number of rotatable bonds is 7. The van der Waals surface area contributed by atoms with Crippen LogP contribution in [0.15, 0.2) is 54.2 Å². The summed E-state index contributed by atoms with van der Waals surface area (Å²) < 4.78 is 5.38. The lowest BCUT2D eigenvalue weighted by molar-refractivity contribution is -0.121. The predicted molar refractivity (Wildman–Crippen MR) is 98.5 cm³/mol. The maximum Gasteiger partial charge on any atom is 0.220 e. The van der Waals surface area contributed by atoms with Crippen LogP contribution < -0.4 is 10.1 Å². The third-order valence-corrected chi connectivity index (χ3v) is 4.63. The average molecular weight is 353 g/mol. The molecule has 25 heavy (non-hydrogen) atoms. The van der Waals surface area contributed by atoms with E-state index in [1.54, 1.807) is 30.8 Å². The second kappa shape index (κ2) is 8.39. The number of nitrogens with one attached hydrogen (secondary N) is 1. The first kappa shape index (κ1) is 17.1. The molecule has 1 aromatic carbocycles. The van der Waals surface area contributed by atoms with E-state index in [4.69, 9.17) is 4.74 Å². The van der Waals surface area contributed by atoms with Crippen LogP contribution >= 0.6 is 11.3 Å². The lowest BCUT2D eigenvalue weighted by Crippen LogP contribution is -2.23. The molecular formula is C19H19N3O2S. The van der Waals surface area contributed by atoms with Crippen LogP contribution in [0.4, 0.5) is 0 Å². The van der Waals surface area contributed by atoms with Crippen molar-refractivity contribution in [2.24, 2.45) is 0 Å². The monoisotopic (exact) mass is 353 g/mol. The van der Waals surface area contributed by atoms with Gasteiger partial charge in [0.1, 0.15) is 10.8 Å². The van der Waals surface area contributed by atoms with E-state index >= 15 is 0 Å². The van der Waals surface area contributed by atoms with Gasteiger partial charge >= 0.3 is 0 Å². The summed E-state index contributed by atoms with van der Waals surface area (Å²) in [6.07, 6.45) is 4.49. The molecule has 3 rings (SSSR count). The van der Waals surface area contributed by atoms with Gasteiger partial charge in [-0.25, -0.2) is 4.98 Å². The summed E-state index contributed by atoms with van der Waals surface area (Å²) in [4.78, 5) is 20.7. The lowest BCUT2D eigenvalue weighted by Gasteiger charge is -2.05. The van der Waals surface area contributed by atoms with Crippen LogP contribution in [0.3, 0.4) is 0 Å². The summed E-state index contributed by atoms with van der Waals surface area (Å²) in [5, 5.41) is 5.80. The van der Waals surface area contributed by atoms with Crippen LogP contribution in [-0.4, -0.2) is 23.0 Å². The minimum atomic E-state index is 0.00990. The van der Waals surface area contributed by atoms with Crippen molar-refractivity contribution in [1.29, 1.82) is 0 Å². The summed E-state index contributed by atoms with van der Waals surface area (Å²) in [6, 6.07) is 11.6. The number of methoxy groups -OCH3 is 1. The minimum absolute atomic E-state index is 0.00990. The smallest absolute Gasteiger partial charge is 0.220 e. The van der Waals surface area contributed by atoms with Gasteiger partial charge in [-0.1, -0.05) is 18.2 Å². The number of aromatic nitrogens is 2. The molecule has 0 spiro atoms. The van der Waals surface area contributed by atoms with Crippen LogP contribution in [0, 0.1) is 0 Å². The molecular weight excluding hydrogens is 334 g/mol. The maximum absolute atomic E-state index is 12.0. The zero-order chi connectivity index (χ0) is 17.5. The van der Waals surface area contributed by atoms with E-state index in [0.717, 1.165) is 27.6 Å². The third kappa shape index (κ3) is 4.64. The molecule has 5 nitrogen and oxygen atoms in total. The van der Waals surface area contributed by atoms with Crippen LogP contribution in [0.5, 0.6) is 5.75 Å². The quantitative estimate of drug-likeness (QED) is 0.706. The Balaban J connectivity index is 1.54. The Labute approximate surface area is 150 Å². The second-order valence-electron chi connectivity index (χ2n) is 5.48. The van der Waals surface area contributed by atoms with Gasteiger partial charge in [-0.2, -0.15) is 0 Å². The number of para-hydroxylation sites is 1. The number of amides is 1. The van der Waals surface area contributed by atoms with Crippen LogP contribution in [-0.2, 0) is 17.8 Å². The van der Waals surface area contributed by atoms with Crippen molar-refractivity contribution < 1.29 is 9.53 Å². The Morgan fingerprint density at radius 1 is 1.24 bits per heavy atom. The molecule has 1 amide bonds. The predicted octanol–water partition coefficient (Wildman–Crippen LogP) is 3.46. The van der Waals surface area contributed by atoms with Crippen LogP contribution in [0.25, 0.3) is 10.6 Å². The number of hydrogen-bond acceptors (Lipinski definition) is 5. The fourth-order valence-corrected chi connectivity index (χ4v) is 3.28. The van der Waals surface area contributed by atoms with Gasteiger partial charge in [-0.15, -0.1) is 11.3 Å². The zero-order valence-electron chi connectivity index (χ0n) is 13.9. The minimum Gasteiger partial charge on any atom is -0.496 e. The third-order valence-electron chi connectivity index (χ3n) is 3.71. The Kier molecular flexibility index (Phi) is 5.74. The first-order valence-electron chi connectivity index (χ1n) is 7.99. The first-order valence-corrected chi connectivity index (χ1v) is 8.87. The fraction of sp³-hybridized carbons (Fsp3) is 0.211. The number of benzene rings is 1. The molecule has 2 aromatic heterocycles. The van der Waals surface area contributed by atoms with Gasteiger partial charge in [0.05, 0.1) is 18.4 Å². The zero-order valence-corrected chi connectivity index (χ0v) is 14.8. The SMILES string of the molecule is COc1ccccc1-c1nc(CCC(=O)NCc2cccnc2)cs1. The van der Waals surface area contributed by atoms with Gasteiger partial charge in [-0.05, 0) is 30.2 Å². The largest absolute Gasteiger partial charge is 0.496 e. The molecule has 2 heterocycles.